The van der Waals surface area contributed by atoms with Crippen molar-refractivity contribution in [1.29, 1.82) is 0 Å². The summed E-state index contributed by atoms with van der Waals surface area (Å²) in [5, 5.41) is 17.5. The first kappa shape index (κ1) is 28.0. The summed E-state index contributed by atoms with van der Waals surface area (Å²) in [6.45, 7) is 4.64. The average Bonchev–Trinajstić information content (AvgIpc) is 2.75. The molecule has 4 atom stereocenters. The first-order chi connectivity index (χ1) is 15.1. The van der Waals surface area contributed by atoms with Gasteiger partial charge in [-0.15, -0.1) is 0 Å². The molecule has 1 fully saturated rings. The highest BCUT2D eigenvalue weighted by Gasteiger charge is 2.30. The number of amides is 3. The van der Waals surface area contributed by atoms with Gasteiger partial charge in [-0.1, -0.05) is 33.1 Å². The zero-order chi connectivity index (χ0) is 24.3. The van der Waals surface area contributed by atoms with Gasteiger partial charge in [0.25, 0.3) is 0 Å². The molecule has 0 aliphatic heterocycles. The number of nitrogens with one attached hydrogen (secondary N) is 3. The van der Waals surface area contributed by atoms with Crippen molar-refractivity contribution in [2.45, 2.75) is 89.9 Å². The molecule has 0 aromatic heterocycles. The third kappa shape index (κ3) is 9.62. The quantitative estimate of drug-likeness (QED) is 0.213. The van der Waals surface area contributed by atoms with Crippen molar-refractivity contribution in [3.05, 3.63) is 0 Å². The molecule has 10 heteroatoms. The predicted molar refractivity (Wildman–Crippen MR) is 121 cm³/mol. The van der Waals surface area contributed by atoms with Crippen molar-refractivity contribution in [3.8, 4) is 0 Å². The van der Waals surface area contributed by atoms with Crippen molar-refractivity contribution >= 4 is 23.5 Å². The van der Waals surface area contributed by atoms with Gasteiger partial charge >= 0.3 is 0 Å². The van der Waals surface area contributed by atoms with Crippen LogP contribution in [0.15, 0.2) is 0 Å². The predicted octanol–water partition coefficient (Wildman–Crippen LogP) is -0.675. The lowest BCUT2D eigenvalue weighted by molar-refractivity contribution is -0.134. The van der Waals surface area contributed by atoms with Gasteiger partial charge in [-0.3, -0.25) is 19.2 Å². The Kier molecular flexibility index (Phi) is 12.4. The molecule has 1 saturated carbocycles. The van der Waals surface area contributed by atoms with Gasteiger partial charge in [0.05, 0.1) is 18.7 Å². The van der Waals surface area contributed by atoms with Gasteiger partial charge in [-0.2, -0.15) is 0 Å². The molecule has 0 saturated heterocycles. The summed E-state index contributed by atoms with van der Waals surface area (Å²) in [7, 11) is 0. The van der Waals surface area contributed by atoms with Gasteiger partial charge in [-0.05, 0) is 38.6 Å². The monoisotopic (exact) mass is 455 g/mol. The van der Waals surface area contributed by atoms with Crippen LogP contribution in [0.4, 0.5) is 0 Å². The number of Topliss-reactive ketones (excluding diaryl/α,β-unsaturated/α-hetero) is 1. The van der Waals surface area contributed by atoms with Crippen LogP contribution in [0.1, 0.15) is 65.7 Å². The lowest BCUT2D eigenvalue weighted by atomic mass is 9.83. The van der Waals surface area contributed by atoms with Gasteiger partial charge in [-0.25, -0.2) is 0 Å². The molecule has 0 bridgehead atoms. The second-order valence-electron chi connectivity index (χ2n) is 9.02. The number of carbonyl (C=O) groups excluding carboxylic acids is 4. The van der Waals surface area contributed by atoms with Crippen molar-refractivity contribution < 1.29 is 24.3 Å². The zero-order valence-electron chi connectivity index (χ0n) is 19.6. The van der Waals surface area contributed by atoms with Crippen molar-refractivity contribution in [2.24, 2.45) is 23.3 Å². The SMILES string of the molecule is CC(C)C(=O)[C@H](CCN)NC(=O)[C@@H](NC(=O)CNC(=O)CC(N)C1CCCCC1)C(C)O. The highest BCUT2D eigenvalue weighted by atomic mass is 16.3. The summed E-state index contributed by atoms with van der Waals surface area (Å²) in [5.41, 5.74) is 11.7. The van der Waals surface area contributed by atoms with E-state index in [-0.39, 0.29) is 49.6 Å². The number of rotatable bonds is 13. The third-order valence-corrected chi connectivity index (χ3v) is 5.89. The summed E-state index contributed by atoms with van der Waals surface area (Å²) in [5.74, 6) is -1.81. The second-order valence-corrected chi connectivity index (χ2v) is 9.02. The van der Waals surface area contributed by atoms with Crippen LogP contribution in [-0.4, -0.2) is 65.9 Å². The van der Waals surface area contributed by atoms with Gasteiger partial charge in [0.1, 0.15) is 6.04 Å². The first-order valence-electron chi connectivity index (χ1n) is 11.6. The lowest BCUT2D eigenvalue weighted by Crippen LogP contribution is -2.57. The lowest BCUT2D eigenvalue weighted by Gasteiger charge is -2.27. The topological polar surface area (TPSA) is 177 Å². The van der Waals surface area contributed by atoms with Crippen LogP contribution in [-0.2, 0) is 19.2 Å². The van der Waals surface area contributed by atoms with E-state index < -0.39 is 30.0 Å². The number of aliphatic hydroxyl groups excluding tert-OH is 1. The Bertz CT molecular complexity index is 634. The Morgan fingerprint density at radius 3 is 2.16 bits per heavy atom. The smallest absolute Gasteiger partial charge is 0.245 e. The van der Waals surface area contributed by atoms with Crippen LogP contribution in [0.2, 0.25) is 0 Å². The molecular weight excluding hydrogens is 414 g/mol. The molecule has 1 rings (SSSR count). The number of hydrogen-bond donors (Lipinski definition) is 6. The molecule has 184 valence electrons. The normalized spacial score (nSPS) is 18.3. The van der Waals surface area contributed by atoms with Gasteiger partial charge in [0, 0.05) is 18.4 Å². The number of ketones is 1. The third-order valence-electron chi connectivity index (χ3n) is 5.89. The molecule has 2 unspecified atom stereocenters. The van der Waals surface area contributed by atoms with Crippen LogP contribution in [0, 0.1) is 11.8 Å². The molecule has 0 radical (unpaired) electrons. The van der Waals surface area contributed by atoms with E-state index in [1.165, 1.54) is 13.3 Å². The minimum atomic E-state index is -1.27. The standard InChI is InChI=1S/C22H41N5O5/c1-13(2)21(31)17(9-10-23)26-22(32)20(14(3)28)27-19(30)12-25-18(29)11-16(24)15-7-5-4-6-8-15/h13-17,20,28H,4-12,23-24H2,1-3H3,(H,25,29)(H,26,32)(H,27,30)/t14?,16?,17-,20-/m0/s1. The zero-order valence-corrected chi connectivity index (χ0v) is 19.6. The van der Waals surface area contributed by atoms with Crippen LogP contribution >= 0.6 is 0 Å². The number of nitrogens with two attached hydrogens (primary N) is 2. The van der Waals surface area contributed by atoms with Crippen LogP contribution < -0.4 is 27.4 Å². The van der Waals surface area contributed by atoms with E-state index in [4.69, 9.17) is 11.5 Å². The Morgan fingerprint density at radius 1 is 1.00 bits per heavy atom. The minimum absolute atomic E-state index is 0.135. The summed E-state index contributed by atoms with van der Waals surface area (Å²) in [4.78, 5) is 49.3. The molecule has 0 aromatic rings. The molecular formula is C22H41N5O5. The van der Waals surface area contributed by atoms with Crippen molar-refractivity contribution in [2.75, 3.05) is 13.1 Å². The second kappa shape index (κ2) is 14.2. The average molecular weight is 456 g/mol. The maximum atomic E-state index is 12.6. The maximum absolute atomic E-state index is 12.6. The molecule has 3 amide bonds. The van der Waals surface area contributed by atoms with E-state index in [1.54, 1.807) is 13.8 Å². The van der Waals surface area contributed by atoms with Crippen LogP contribution in [0.25, 0.3) is 0 Å². The summed E-state index contributed by atoms with van der Waals surface area (Å²) >= 11 is 0. The van der Waals surface area contributed by atoms with Crippen molar-refractivity contribution in [1.82, 2.24) is 16.0 Å². The van der Waals surface area contributed by atoms with E-state index in [1.807, 2.05) is 0 Å². The van der Waals surface area contributed by atoms with Crippen LogP contribution in [0.3, 0.4) is 0 Å². The van der Waals surface area contributed by atoms with Gasteiger partial charge < -0.3 is 32.5 Å². The number of hydrogen-bond acceptors (Lipinski definition) is 7. The molecule has 10 nitrogen and oxygen atoms in total. The first-order valence-corrected chi connectivity index (χ1v) is 11.6. The Labute approximate surface area is 190 Å². The maximum Gasteiger partial charge on any atom is 0.245 e. The van der Waals surface area contributed by atoms with Gasteiger partial charge in [0.2, 0.25) is 17.7 Å². The highest BCUT2D eigenvalue weighted by Crippen LogP contribution is 2.26. The number of aliphatic hydroxyl groups is 1. The molecule has 0 aromatic carbocycles. The summed E-state index contributed by atoms with van der Waals surface area (Å²) in [6, 6.07) is -2.32. The fraction of sp³-hybridized carbons (Fsp3) is 0.818. The van der Waals surface area contributed by atoms with Gasteiger partial charge in [0.15, 0.2) is 5.78 Å². The Morgan fingerprint density at radius 2 is 1.62 bits per heavy atom. The van der Waals surface area contributed by atoms with E-state index in [0.717, 1.165) is 25.7 Å². The molecule has 0 heterocycles. The van der Waals surface area contributed by atoms with E-state index in [0.29, 0.717) is 5.92 Å². The summed E-state index contributed by atoms with van der Waals surface area (Å²) in [6.07, 6.45) is 4.67. The van der Waals surface area contributed by atoms with E-state index >= 15 is 0 Å². The fourth-order valence-corrected chi connectivity index (χ4v) is 3.94. The number of carbonyl (C=O) groups is 4. The molecule has 8 N–H and O–H groups in total. The molecule has 1 aliphatic carbocycles. The Balaban J connectivity index is 2.55. The van der Waals surface area contributed by atoms with E-state index in [2.05, 4.69) is 16.0 Å². The van der Waals surface area contributed by atoms with Crippen molar-refractivity contribution in [3.63, 3.8) is 0 Å². The largest absolute Gasteiger partial charge is 0.391 e. The molecule has 32 heavy (non-hydrogen) atoms. The van der Waals surface area contributed by atoms with Crippen LogP contribution in [0.5, 0.6) is 0 Å². The minimum Gasteiger partial charge on any atom is -0.391 e. The highest BCUT2D eigenvalue weighted by molar-refractivity contribution is 5.94. The van der Waals surface area contributed by atoms with E-state index in [9.17, 15) is 24.3 Å². The molecule has 1 aliphatic rings. The fourth-order valence-electron chi connectivity index (χ4n) is 3.94. The Hall–Kier alpha value is -2.04. The molecule has 0 spiro atoms. The summed E-state index contributed by atoms with van der Waals surface area (Å²) < 4.78 is 0.